The molecule has 0 fully saturated rings. The molecule has 0 amide bonds. The van der Waals surface area contributed by atoms with Crippen LogP contribution >= 0.6 is 0 Å². The first-order valence-corrected chi connectivity index (χ1v) is 3.11. The second-order valence-corrected chi connectivity index (χ2v) is 2.34. The molecule has 1 aliphatic rings. The Bertz CT molecular complexity index is 206. The van der Waals surface area contributed by atoms with Gasteiger partial charge >= 0.3 is 0 Å². The maximum Gasteiger partial charge on any atom is 0.147 e. The van der Waals surface area contributed by atoms with Gasteiger partial charge in [-0.3, -0.25) is 4.79 Å². The Morgan fingerprint density at radius 3 is 2.80 bits per heavy atom. The second-order valence-electron chi connectivity index (χ2n) is 2.34. The monoisotopic (exact) mass is 138 g/mol. The van der Waals surface area contributed by atoms with Gasteiger partial charge in [-0.1, -0.05) is 6.08 Å². The van der Waals surface area contributed by atoms with Crippen LogP contribution < -0.4 is 11.5 Å². The topological polar surface area (TPSA) is 69.1 Å². The molecule has 1 atom stereocenters. The molecule has 3 nitrogen and oxygen atoms in total. The minimum atomic E-state index is -0.206. The fraction of sp³-hybridized carbons (Fsp3) is 0.286. The minimum Gasteiger partial charge on any atom is -0.402 e. The SMILES string of the molecule is NC1=CC=C(C=O)C(N)C1. The van der Waals surface area contributed by atoms with E-state index in [2.05, 4.69) is 0 Å². The number of hydrogen-bond acceptors (Lipinski definition) is 3. The fourth-order valence-electron chi connectivity index (χ4n) is 0.893. The molecule has 10 heavy (non-hydrogen) atoms. The van der Waals surface area contributed by atoms with Crippen LogP contribution in [-0.4, -0.2) is 12.3 Å². The van der Waals surface area contributed by atoms with Crippen LogP contribution in [0.25, 0.3) is 0 Å². The van der Waals surface area contributed by atoms with Gasteiger partial charge < -0.3 is 11.5 Å². The summed E-state index contributed by atoms with van der Waals surface area (Å²) in [6.45, 7) is 0. The molecule has 3 heteroatoms. The number of carbonyl (C=O) groups excluding carboxylic acids is 1. The fourth-order valence-corrected chi connectivity index (χ4v) is 0.893. The lowest BCUT2D eigenvalue weighted by atomic mass is 9.99. The Hall–Kier alpha value is -1.09. The van der Waals surface area contributed by atoms with E-state index in [-0.39, 0.29) is 6.04 Å². The quantitative estimate of drug-likeness (QED) is 0.488. The zero-order chi connectivity index (χ0) is 7.56. The summed E-state index contributed by atoms with van der Waals surface area (Å²) in [4.78, 5) is 10.3. The Kier molecular flexibility index (Phi) is 1.87. The maximum absolute atomic E-state index is 10.3. The molecular weight excluding hydrogens is 128 g/mol. The van der Waals surface area contributed by atoms with Crippen molar-refractivity contribution in [3.63, 3.8) is 0 Å². The Morgan fingerprint density at radius 1 is 1.60 bits per heavy atom. The van der Waals surface area contributed by atoms with Gasteiger partial charge in [0.05, 0.1) is 0 Å². The summed E-state index contributed by atoms with van der Waals surface area (Å²) in [6, 6.07) is -0.206. The first kappa shape index (κ1) is 7.02. The molecule has 0 spiro atoms. The van der Waals surface area contributed by atoms with Gasteiger partial charge in [-0.15, -0.1) is 0 Å². The molecule has 0 aliphatic heterocycles. The lowest BCUT2D eigenvalue weighted by molar-refractivity contribution is -0.105. The van der Waals surface area contributed by atoms with Crippen molar-refractivity contribution in [2.75, 3.05) is 0 Å². The molecule has 0 saturated carbocycles. The van der Waals surface area contributed by atoms with Crippen LogP contribution in [0.15, 0.2) is 23.4 Å². The lowest BCUT2D eigenvalue weighted by Gasteiger charge is -2.14. The summed E-state index contributed by atoms with van der Waals surface area (Å²) in [5.74, 6) is 0. The molecule has 0 aromatic rings. The Labute approximate surface area is 59.4 Å². The maximum atomic E-state index is 10.3. The van der Waals surface area contributed by atoms with Gasteiger partial charge in [-0.05, 0) is 6.08 Å². The van der Waals surface area contributed by atoms with Crippen LogP contribution in [0.3, 0.4) is 0 Å². The van der Waals surface area contributed by atoms with E-state index in [1.165, 1.54) is 0 Å². The molecule has 1 aliphatic carbocycles. The van der Waals surface area contributed by atoms with Crippen LogP contribution in [0.1, 0.15) is 6.42 Å². The van der Waals surface area contributed by atoms with Crippen molar-refractivity contribution in [3.05, 3.63) is 23.4 Å². The zero-order valence-electron chi connectivity index (χ0n) is 5.58. The molecule has 0 radical (unpaired) electrons. The number of aldehydes is 1. The predicted octanol–water partition coefficient (Wildman–Crippen LogP) is -0.315. The molecule has 0 saturated heterocycles. The van der Waals surface area contributed by atoms with Gasteiger partial charge in [0.25, 0.3) is 0 Å². The highest BCUT2D eigenvalue weighted by Gasteiger charge is 2.11. The molecular formula is C7H10N2O. The zero-order valence-corrected chi connectivity index (χ0v) is 5.58. The first-order valence-electron chi connectivity index (χ1n) is 3.11. The number of rotatable bonds is 1. The van der Waals surface area contributed by atoms with Gasteiger partial charge in [-0.25, -0.2) is 0 Å². The Morgan fingerprint density at radius 2 is 2.30 bits per heavy atom. The highest BCUT2D eigenvalue weighted by atomic mass is 16.1. The number of carbonyl (C=O) groups is 1. The van der Waals surface area contributed by atoms with Crippen LogP contribution in [0, 0.1) is 0 Å². The third-order valence-corrected chi connectivity index (χ3v) is 1.51. The molecule has 0 heterocycles. The largest absolute Gasteiger partial charge is 0.402 e. The average molecular weight is 138 g/mol. The molecule has 0 aromatic carbocycles. The van der Waals surface area contributed by atoms with E-state index in [9.17, 15) is 4.79 Å². The van der Waals surface area contributed by atoms with Gasteiger partial charge in [-0.2, -0.15) is 0 Å². The molecule has 1 unspecified atom stereocenters. The Balaban J connectivity index is 2.81. The summed E-state index contributed by atoms with van der Waals surface area (Å²) < 4.78 is 0. The van der Waals surface area contributed by atoms with Crippen molar-refractivity contribution in [1.29, 1.82) is 0 Å². The van der Waals surface area contributed by atoms with Crippen molar-refractivity contribution < 1.29 is 4.79 Å². The van der Waals surface area contributed by atoms with Crippen molar-refractivity contribution in [2.45, 2.75) is 12.5 Å². The third kappa shape index (κ3) is 1.25. The summed E-state index contributed by atoms with van der Waals surface area (Å²) in [5, 5.41) is 0. The standard InChI is InChI=1S/C7H10N2O/c8-6-2-1-5(4-10)7(9)3-6/h1-2,4,7H,3,8-9H2. The van der Waals surface area contributed by atoms with Gasteiger partial charge in [0.2, 0.25) is 0 Å². The van der Waals surface area contributed by atoms with Crippen LogP contribution in [0.4, 0.5) is 0 Å². The van der Waals surface area contributed by atoms with Gasteiger partial charge in [0, 0.05) is 23.7 Å². The molecule has 1 rings (SSSR count). The van der Waals surface area contributed by atoms with E-state index in [0.717, 1.165) is 12.0 Å². The molecule has 0 bridgehead atoms. The van der Waals surface area contributed by atoms with Crippen molar-refractivity contribution in [2.24, 2.45) is 11.5 Å². The highest BCUT2D eigenvalue weighted by molar-refractivity contribution is 5.76. The van der Waals surface area contributed by atoms with Crippen molar-refractivity contribution in [3.8, 4) is 0 Å². The lowest BCUT2D eigenvalue weighted by Crippen LogP contribution is -2.27. The van der Waals surface area contributed by atoms with E-state index in [0.29, 0.717) is 12.0 Å². The normalized spacial score (nSPS) is 25.1. The molecule has 54 valence electrons. The molecule has 4 N–H and O–H groups in total. The summed E-state index contributed by atoms with van der Waals surface area (Å²) in [7, 11) is 0. The second kappa shape index (κ2) is 2.66. The van der Waals surface area contributed by atoms with Crippen LogP contribution in [0.5, 0.6) is 0 Å². The van der Waals surface area contributed by atoms with E-state index < -0.39 is 0 Å². The summed E-state index contributed by atoms with van der Waals surface area (Å²) in [6.07, 6.45) is 4.74. The number of hydrogen-bond donors (Lipinski definition) is 2. The third-order valence-electron chi connectivity index (χ3n) is 1.51. The van der Waals surface area contributed by atoms with Gasteiger partial charge in [0.1, 0.15) is 6.29 Å². The van der Waals surface area contributed by atoms with E-state index >= 15 is 0 Å². The van der Waals surface area contributed by atoms with Crippen molar-refractivity contribution in [1.82, 2.24) is 0 Å². The van der Waals surface area contributed by atoms with E-state index in [1.807, 2.05) is 0 Å². The van der Waals surface area contributed by atoms with Crippen LogP contribution in [-0.2, 0) is 4.79 Å². The van der Waals surface area contributed by atoms with Gasteiger partial charge in [0.15, 0.2) is 0 Å². The number of nitrogens with two attached hydrogens (primary N) is 2. The predicted molar refractivity (Wildman–Crippen MR) is 39.0 cm³/mol. The first-order chi connectivity index (χ1) is 4.74. The average Bonchev–Trinajstić information content (AvgIpc) is 1.88. The highest BCUT2D eigenvalue weighted by Crippen LogP contribution is 2.11. The van der Waals surface area contributed by atoms with E-state index in [4.69, 9.17) is 11.5 Å². The minimum absolute atomic E-state index is 0.206. The van der Waals surface area contributed by atoms with Crippen LogP contribution in [0.2, 0.25) is 0 Å². The smallest absolute Gasteiger partial charge is 0.147 e. The summed E-state index contributed by atoms with van der Waals surface area (Å²) >= 11 is 0. The molecule has 0 aromatic heterocycles. The van der Waals surface area contributed by atoms with E-state index in [1.54, 1.807) is 12.2 Å². The number of allylic oxidation sites excluding steroid dienone is 2. The summed E-state index contributed by atoms with van der Waals surface area (Å²) in [5.41, 5.74) is 12.4. The van der Waals surface area contributed by atoms with Crippen molar-refractivity contribution >= 4 is 6.29 Å².